The number of likely N-dealkylation sites (tertiary alicyclic amines) is 1. The molecule has 1 unspecified atom stereocenters. The minimum Gasteiger partial charge on any atom is -0.477 e. The number of hydrogen-bond acceptors (Lipinski definition) is 5. The molecule has 1 fully saturated rings. The maximum absolute atomic E-state index is 12.8. The summed E-state index contributed by atoms with van der Waals surface area (Å²) in [6.07, 6.45) is -2.44. The number of alkyl halides is 3. The monoisotopic (exact) mass is 432 g/mol. The van der Waals surface area contributed by atoms with Gasteiger partial charge in [0.05, 0.1) is 4.87 Å². The molecular weight excluding hydrogens is 409 g/mol. The Morgan fingerprint density at radius 3 is 2.52 bits per heavy atom. The van der Waals surface area contributed by atoms with E-state index in [4.69, 9.17) is 0 Å². The second-order valence-electron chi connectivity index (χ2n) is 7.30. The van der Waals surface area contributed by atoms with Crippen molar-refractivity contribution in [2.75, 3.05) is 13.1 Å². The van der Waals surface area contributed by atoms with Gasteiger partial charge in [0.15, 0.2) is 5.69 Å². The molecular formula is C18H23F3N4O3S. The Bertz CT molecular complexity index is 831. The maximum Gasteiger partial charge on any atom is 0.435 e. The highest BCUT2D eigenvalue weighted by molar-refractivity contribution is 8.03. The SMILES string of the molecule is CCC1(C2CCN(C(=O)Cn3nc(C(F)(F)F)cc3C)CC2)NC(C(=O)O)=CS1. The summed E-state index contributed by atoms with van der Waals surface area (Å²) in [5, 5.41) is 17.5. The van der Waals surface area contributed by atoms with Crippen LogP contribution in [-0.2, 0) is 22.3 Å². The predicted molar refractivity (Wildman–Crippen MR) is 101 cm³/mol. The summed E-state index contributed by atoms with van der Waals surface area (Å²) in [7, 11) is 0. The van der Waals surface area contributed by atoms with E-state index in [0.717, 1.165) is 17.2 Å². The minimum atomic E-state index is -4.54. The predicted octanol–water partition coefficient (Wildman–Crippen LogP) is 2.82. The molecule has 160 valence electrons. The molecule has 1 saturated heterocycles. The number of aryl methyl sites for hydroxylation is 1. The highest BCUT2D eigenvalue weighted by Crippen LogP contribution is 2.44. The number of amides is 1. The summed E-state index contributed by atoms with van der Waals surface area (Å²) in [6, 6.07) is 0.931. The maximum atomic E-state index is 12.8. The van der Waals surface area contributed by atoms with Crippen molar-refractivity contribution < 1.29 is 27.9 Å². The molecule has 0 aliphatic carbocycles. The number of aromatic nitrogens is 2. The van der Waals surface area contributed by atoms with Crippen LogP contribution in [0.5, 0.6) is 0 Å². The molecule has 1 aromatic heterocycles. The number of carboxylic acid groups (broad SMARTS) is 1. The molecule has 11 heteroatoms. The number of nitrogens with one attached hydrogen (secondary N) is 1. The first kappa shape index (κ1) is 21.5. The number of hydrogen-bond donors (Lipinski definition) is 2. The van der Waals surface area contributed by atoms with Crippen molar-refractivity contribution in [2.24, 2.45) is 5.92 Å². The molecule has 1 atom stereocenters. The molecule has 0 saturated carbocycles. The third kappa shape index (κ3) is 4.39. The van der Waals surface area contributed by atoms with E-state index in [1.165, 1.54) is 18.7 Å². The minimum absolute atomic E-state index is 0.179. The first-order valence-corrected chi connectivity index (χ1v) is 10.2. The van der Waals surface area contributed by atoms with E-state index in [2.05, 4.69) is 10.4 Å². The zero-order chi connectivity index (χ0) is 21.4. The van der Waals surface area contributed by atoms with Gasteiger partial charge in [0.25, 0.3) is 0 Å². The lowest BCUT2D eigenvalue weighted by molar-refractivity contribution is -0.142. The smallest absolute Gasteiger partial charge is 0.435 e. The number of aliphatic carboxylic acids is 1. The van der Waals surface area contributed by atoms with Crippen LogP contribution in [0.25, 0.3) is 0 Å². The van der Waals surface area contributed by atoms with Gasteiger partial charge >= 0.3 is 12.1 Å². The zero-order valence-corrected chi connectivity index (χ0v) is 16.9. The summed E-state index contributed by atoms with van der Waals surface area (Å²) in [5.41, 5.74) is -0.535. The van der Waals surface area contributed by atoms with E-state index >= 15 is 0 Å². The standard InChI is InChI=1S/C18H23F3N4O3S/c1-3-17(22-13(10-29-17)16(27)28)12-4-6-24(7-5-12)15(26)9-25-11(2)8-14(23-25)18(19,20)21/h8,10,12,22H,3-7,9H2,1-2H3,(H,27,28). The van der Waals surface area contributed by atoms with Crippen LogP contribution in [0, 0.1) is 12.8 Å². The lowest BCUT2D eigenvalue weighted by Gasteiger charge is -2.42. The lowest BCUT2D eigenvalue weighted by Crippen LogP contribution is -2.51. The Balaban J connectivity index is 1.59. The Morgan fingerprint density at radius 2 is 2.03 bits per heavy atom. The fraction of sp³-hybridized carbons (Fsp3) is 0.611. The fourth-order valence-corrected chi connectivity index (χ4v) is 5.10. The molecule has 2 aliphatic heterocycles. The third-order valence-corrected chi connectivity index (χ3v) is 7.05. The van der Waals surface area contributed by atoms with Gasteiger partial charge in [-0.15, -0.1) is 11.8 Å². The van der Waals surface area contributed by atoms with Crippen LogP contribution in [-0.4, -0.2) is 49.6 Å². The zero-order valence-electron chi connectivity index (χ0n) is 16.1. The van der Waals surface area contributed by atoms with Crippen molar-refractivity contribution in [1.29, 1.82) is 0 Å². The summed E-state index contributed by atoms with van der Waals surface area (Å²) >= 11 is 1.47. The Labute approximate surface area is 170 Å². The fourth-order valence-electron chi connectivity index (χ4n) is 3.85. The molecule has 2 N–H and O–H groups in total. The molecule has 0 spiro atoms. The Kier molecular flexibility index (Phi) is 5.88. The van der Waals surface area contributed by atoms with Crippen LogP contribution in [0.15, 0.2) is 17.2 Å². The second-order valence-corrected chi connectivity index (χ2v) is 8.50. The van der Waals surface area contributed by atoms with Crippen molar-refractivity contribution in [3.05, 3.63) is 28.6 Å². The average molecular weight is 432 g/mol. The van der Waals surface area contributed by atoms with Gasteiger partial charge in [-0.25, -0.2) is 4.79 Å². The largest absolute Gasteiger partial charge is 0.477 e. The van der Waals surface area contributed by atoms with E-state index in [1.807, 2.05) is 6.92 Å². The van der Waals surface area contributed by atoms with Crippen LogP contribution in [0.2, 0.25) is 0 Å². The molecule has 2 aliphatic rings. The highest BCUT2D eigenvalue weighted by atomic mass is 32.2. The van der Waals surface area contributed by atoms with E-state index in [-0.39, 0.29) is 29.8 Å². The van der Waals surface area contributed by atoms with Gasteiger partial charge in [0, 0.05) is 24.2 Å². The van der Waals surface area contributed by atoms with Crippen LogP contribution in [0.4, 0.5) is 13.2 Å². The average Bonchev–Trinajstić information content (AvgIpc) is 3.27. The summed E-state index contributed by atoms with van der Waals surface area (Å²) in [5.74, 6) is -1.09. The lowest BCUT2D eigenvalue weighted by atomic mass is 9.87. The first-order valence-electron chi connectivity index (χ1n) is 9.34. The number of piperidine rings is 1. The summed E-state index contributed by atoms with van der Waals surface area (Å²) < 4.78 is 39.5. The van der Waals surface area contributed by atoms with E-state index in [9.17, 15) is 27.9 Å². The number of nitrogens with zero attached hydrogens (tertiary/aromatic N) is 3. The number of rotatable bonds is 5. The number of carbonyl (C=O) groups is 2. The number of halogens is 3. The van der Waals surface area contributed by atoms with Gasteiger partial charge in [-0.05, 0) is 38.2 Å². The molecule has 1 amide bonds. The highest BCUT2D eigenvalue weighted by Gasteiger charge is 2.44. The van der Waals surface area contributed by atoms with Crippen molar-refractivity contribution in [3.63, 3.8) is 0 Å². The van der Waals surface area contributed by atoms with E-state index in [1.54, 1.807) is 10.3 Å². The summed E-state index contributed by atoms with van der Waals surface area (Å²) in [4.78, 5) is 25.0. The van der Waals surface area contributed by atoms with Crippen LogP contribution in [0.1, 0.15) is 37.6 Å². The first-order chi connectivity index (χ1) is 13.6. The van der Waals surface area contributed by atoms with Crippen molar-refractivity contribution in [1.82, 2.24) is 20.0 Å². The normalized spacial score (nSPS) is 23.1. The van der Waals surface area contributed by atoms with Gasteiger partial charge in [-0.1, -0.05) is 6.92 Å². The van der Waals surface area contributed by atoms with E-state index < -0.39 is 22.7 Å². The summed E-state index contributed by atoms with van der Waals surface area (Å²) in [6.45, 7) is 4.20. The molecule has 1 aromatic rings. The molecule has 3 rings (SSSR count). The third-order valence-electron chi connectivity index (χ3n) is 5.55. The number of carboxylic acids is 1. The molecule has 0 bridgehead atoms. The van der Waals surface area contributed by atoms with Gasteiger partial charge in [0.2, 0.25) is 5.91 Å². The molecule has 0 radical (unpaired) electrons. The molecule has 29 heavy (non-hydrogen) atoms. The molecule has 3 heterocycles. The van der Waals surface area contributed by atoms with Crippen LogP contribution in [0.3, 0.4) is 0 Å². The van der Waals surface area contributed by atoms with Gasteiger partial charge in [-0.3, -0.25) is 9.48 Å². The number of thioether (sulfide) groups is 1. The number of carbonyl (C=O) groups excluding carboxylic acids is 1. The van der Waals surface area contributed by atoms with Crippen molar-refractivity contribution in [3.8, 4) is 0 Å². The van der Waals surface area contributed by atoms with Crippen LogP contribution >= 0.6 is 11.8 Å². The topological polar surface area (TPSA) is 87.5 Å². The van der Waals surface area contributed by atoms with Crippen molar-refractivity contribution >= 4 is 23.6 Å². The van der Waals surface area contributed by atoms with Crippen LogP contribution < -0.4 is 5.32 Å². The van der Waals surface area contributed by atoms with Gasteiger partial charge < -0.3 is 15.3 Å². The molecule has 7 nitrogen and oxygen atoms in total. The quantitative estimate of drug-likeness (QED) is 0.744. The molecule has 0 aromatic carbocycles. The van der Waals surface area contributed by atoms with Gasteiger partial charge in [-0.2, -0.15) is 18.3 Å². The Hall–Kier alpha value is -2.17. The Morgan fingerprint density at radius 1 is 1.38 bits per heavy atom. The van der Waals surface area contributed by atoms with Gasteiger partial charge in [0.1, 0.15) is 12.2 Å². The van der Waals surface area contributed by atoms with E-state index in [0.29, 0.717) is 25.9 Å². The van der Waals surface area contributed by atoms with Crippen molar-refractivity contribution in [2.45, 2.75) is 50.7 Å². The second kappa shape index (κ2) is 7.92.